The van der Waals surface area contributed by atoms with Gasteiger partial charge in [-0.2, -0.15) is 0 Å². The lowest BCUT2D eigenvalue weighted by atomic mass is 10.0. The molecule has 108 valence electrons. The van der Waals surface area contributed by atoms with E-state index >= 15 is 0 Å². The number of anilines is 1. The number of nitrogens with zero attached hydrogens (tertiary/aromatic N) is 1. The van der Waals surface area contributed by atoms with E-state index in [9.17, 15) is 8.42 Å². The molecule has 0 aliphatic heterocycles. The summed E-state index contributed by atoms with van der Waals surface area (Å²) in [7, 11) is -1.04. The summed E-state index contributed by atoms with van der Waals surface area (Å²) in [6.45, 7) is 0.971. The highest BCUT2D eigenvalue weighted by molar-refractivity contribution is 7.90. The molecule has 2 N–H and O–H groups in total. The van der Waals surface area contributed by atoms with E-state index in [2.05, 4.69) is 0 Å². The summed E-state index contributed by atoms with van der Waals surface area (Å²) in [4.78, 5) is 1.98. The van der Waals surface area contributed by atoms with Crippen molar-refractivity contribution in [2.75, 3.05) is 30.5 Å². The number of hydrogen-bond donors (Lipinski definition) is 1. The van der Waals surface area contributed by atoms with E-state index in [0.717, 1.165) is 22.0 Å². The lowest BCUT2D eigenvalue weighted by Gasteiger charge is -2.21. The van der Waals surface area contributed by atoms with E-state index in [1.807, 2.05) is 48.3 Å². The van der Waals surface area contributed by atoms with Gasteiger partial charge < -0.3 is 10.6 Å². The van der Waals surface area contributed by atoms with Crippen molar-refractivity contribution in [1.29, 1.82) is 0 Å². The second-order valence-corrected chi connectivity index (χ2v) is 7.30. The zero-order chi connectivity index (χ0) is 14.8. The minimum Gasteiger partial charge on any atom is -0.373 e. The summed E-state index contributed by atoms with van der Waals surface area (Å²) in [6, 6.07) is 12.1. The monoisotopic (exact) mass is 292 g/mol. The summed E-state index contributed by atoms with van der Waals surface area (Å²) in [5, 5.41) is 2.23. The molecular formula is C15H20N2O2S. The molecule has 2 rings (SSSR count). The van der Waals surface area contributed by atoms with Crippen molar-refractivity contribution >= 4 is 26.3 Å². The molecule has 0 bridgehead atoms. The Morgan fingerprint density at radius 1 is 1.10 bits per heavy atom. The molecule has 0 fully saturated rings. The molecule has 0 unspecified atom stereocenters. The average Bonchev–Trinajstić information content (AvgIpc) is 2.42. The predicted molar refractivity (Wildman–Crippen MR) is 84.8 cm³/mol. The summed E-state index contributed by atoms with van der Waals surface area (Å²) in [5.74, 6) is 0.149. The SMILES string of the molecule is CN(CCS(C)(=O)=O)c1ccc(CN)c2ccccc12. The van der Waals surface area contributed by atoms with Gasteiger partial charge in [0.25, 0.3) is 0 Å². The summed E-state index contributed by atoms with van der Waals surface area (Å²) in [6.07, 6.45) is 1.26. The van der Waals surface area contributed by atoms with Crippen LogP contribution in [-0.2, 0) is 16.4 Å². The molecule has 0 aromatic heterocycles. The van der Waals surface area contributed by atoms with Crippen LogP contribution in [0.1, 0.15) is 5.56 Å². The molecule has 0 saturated carbocycles. The van der Waals surface area contributed by atoms with Gasteiger partial charge in [-0.1, -0.05) is 30.3 Å². The fourth-order valence-electron chi connectivity index (χ4n) is 2.28. The van der Waals surface area contributed by atoms with Gasteiger partial charge in [0.05, 0.1) is 5.75 Å². The van der Waals surface area contributed by atoms with Crippen LogP contribution in [0.4, 0.5) is 5.69 Å². The molecule has 0 atom stereocenters. The maximum atomic E-state index is 11.3. The number of nitrogens with two attached hydrogens (primary N) is 1. The van der Waals surface area contributed by atoms with Crippen LogP contribution >= 0.6 is 0 Å². The fourth-order valence-corrected chi connectivity index (χ4v) is 2.89. The Hall–Kier alpha value is -1.59. The van der Waals surface area contributed by atoms with Gasteiger partial charge in [0.15, 0.2) is 0 Å². The molecule has 0 amide bonds. The van der Waals surface area contributed by atoms with Crippen molar-refractivity contribution in [3.63, 3.8) is 0 Å². The molecule has 0 radical (unpaired) electrons. The highest BCUT2D eigenvalue weighted by atomic mass is 32.2. The van der Waals surface area contributed by atoms with Gasteiger partial charge in [0.1, 0.15) is 9.84 Å². The Morgan fingerprint density at radius 2 is 1.75 bits per heavy atom. The minimum absolute atomic E-state index is 0.149. The first-order valence-corrected chi connectivity index (χ1v) is 8.58. The van der Waals surface area contributed by atoms with Crippen LogP contribution in [0.2, 0.25) is 0 Å². The van der Waals surface area contributed by atoms with Gasteiger partial charge >= 0.3 is 0 Å². The Balaban J connectivity index is 2.40. The van der Waals surface area contributed by atoms with Crippen LogP contribution < -0.4 is 10.6 Å². The number of hydrogen-bond acceptors (Lipinski definition) is 4. The summed E-state index contributed by atoms with van der Waals surface area (Å²) >= 11 is 0. The van der Waals surface area contributed by atoms with Crippen LogP contribution in [-0.4, -0.2) is 34.0 Å². The Labute approximate surface area is 120 Å². The smallest absolute Gasteiger partial charge is 0.149 e. The van der Waals surface area contributed by atoms with E-state index in [4.69, 9.17) is 5.73 Å². The second kappa shape index (κ2) is 5.81. The lowest BCUT2D eigenvalue weighted by Crippen LogP contribution is -2.25. The molecule has 5 heteroatoms. The maximum absolute atomic E-state index is 11.3. The fraction of sp³-hybridized carbons (Fsp3) is 0.333. The number of rotatable bonds is 5. The van der Waals surface area contributed by atoms with Crippen molar-refractivity contribution < 1.29 is 8.42 Å². The third-order valence-electron chi connectivity index (χ3n) is 3.42. The Kier molecular flexibility index (Phi) is 4.30. The van der Waals surface area contributed by atoms with E-state index in [1.165, 1.54) is 6.26 Å². The molecule has 2 aromatic carbocycles. The van der Waals surface area contributed by atoms with Gasteiger partial charge in [-0.25, -0.2) is 8.42 Å². The largest absolute Gasteiger partial charge is 0.373 e. The Morgan fingerprint density at radius 3 is 2.35 bits per heavy atom. The first-order valence-electron chi connectivity index (χ1n) is 6.52. The number of sulfone groups is 1. The van der Waals surface area contributed by atoms with E-state index in [0.29, 0.717) is 13.1 Å². The van der Waals surface area contributed by atoms with Gasteiger partial charge in [-0.15, -0.1) is 0 Å². The molecule has 4 nitrogen and oxygen atoms in total. The van der Waals surface area contributed by atoms with Gasteiger partial charge in [-0.3, -0.25) is 0 Å². The zero-order valence-corrected chi connectivity index (χ0v) is 12.7. The summed E-state index contributed by atoms with van der Waals surface area (Å²) < 4.78 is 22.6. The van der Waals surface area contributed by atoms with Crippen LogP contribution in [0.5, 0.6) is 0 Å². The first-order chi connectivity index (χ1) is 9.42. The van der Waals surface area contributed by atoms with Crippen molar-refractivity contribution in [2.24, 2.45) is 5.73 Å². The molecule has 2 aromatic rings. The van der Waals surface area contributed by atoms with Crippen LogP contribution in [0.15, 0.2) is 36.4 Å². The molecule has 0 spiro atoms. The molecule has 0 aliphatic rings. The standard InChI is InChI=1S/C15H20N2O2S/c1-17(9-10-20(2,18)19)15-8-7-12(11-16)13-5-3-4-6-14(13)15/h3-8H,9-11,16H2,1-2H3. The van der Waals surface area contributed by atoms with E-state index < -0.39 is 9.84 Å². The average molecular weight is 292 g/mol. The normalized spacial score (nSPS) is 11.8. The van der Waals surface area contributed by atoms with Crippen molar-refractivity contribution in [3.8, 4) is 0 Å². The third-order valence-corrected chi connectivity index (χ3v) is 4.34. The van der Waals surface area contributed by atoms with Crippen molar-refractivity contribution in [2.45, 2.75) is 6.54 Å². The van der Waals surface area contributed by atoms with Crippen LogP contribution in [0.25, 0.3) is 10.8 Å². The van der Waals surface area contributed by atoms with Crippen molar-refractivity contribution in [3.05, 3.63) is 42.0 Å². The predicted octanol–water partition coefficient (Wildman–Crippen LogP) is 1.78. The Bertz CT molecular complexity index is 711. The maximum Gasteiger partial charge on any atom is 0.149 e. The highest BCUT2D eigenvalue weighted by Gasteiger charge is 2.10. The molecule has 20 heavy (non-hydrogen) atoms. The summed E-state index contributed by atoms with van der Waals surface area (Å²) in [5.41, 5.74) is 7.89. The second-order valence-electron chi connectivity index (χ2n) is 5.04. The molecule has 0 aliphatic carbocycles. The lowest BCUT2D eigenvalue weighted by molar-refractivity contribution is 0.601. The van der Waals surface area contributed by atoms with Gasteiger partial charge in [-0.05, 0) is 17.0 Å². The highest BCUT2D eigenvalue weighted by Crippen LogP contribution is 2.28. The van der Waals surface area contributed by atoms with Crippen LogP contribution in [0.3, 0.4) is 0 Å². The van der Waals surface area contributed by atoms with Gasteiger partial charge in [0, 0.05) is 37.5 Å². The topological polar surface area (TPSA) is 63.4 Å². The minimum atomic E-state index is -2.95. The van der Waals surface area contributed by atoms with E-state index in [-0.39, 0.29) is 5.75 Å². The van der Waals surface area contributed by atoms with Gasteiger partial charge in [0.2, 0.25) is 0 Å². The van der Waals surface area contributed by atoms with E-state index in [1.54, 1.807) is 0 Å². The molecule has 0 saturated heterocycles. The number of benzene rings is 2. The zero-order valence-electron chi connectivity index (χ0n) is 11.8. The first kappa shape index (κ1) is 14.8. The van der Waals surface area contributed by atoms with Crippen LogP contribution in [0, 0.1) is 0 Å². The van der Waals surface area contributed by atoms with Crippen molar-refractivity contribution in [1.82, 2.24) is 0 Å². The third kappa shape index (κ3) is 3.29. The molecular weight excluding hydrogens is 272 g/mol. The quantitative estimate of drug-likeness (QED) is 0.912. The number of fused-ring (bicyclic) bond motifs is 1. The molecule has 0 heterocycles.